The molecule has 26 heavy (non-hydrogen) atoms. The van der Waals surface area contributed by atoms with Crippen molar-refractivity contribution in [1.29, 1.82) is 0 Å². The minimum atomic E-state index is -0.362. The number of nitrogens with zero attached hydrogens (tertiary/aromatic N) is 3. The number of pyridine rings is 1. The van der Waals surface area contributed by atoms with Crippen molar-refractivity contribution in [2.24, 2.45) is 0 Å². The third kappa shape index (κ3) is 3.24. The molecule has 0 unspecified atom stereocenters. The van der Waals surface area contributed by atoms with E-state index in [0.717, 1.165) is 47.8 Å². The van der Waals surface area contributed by atoms with E-state index in [1.54, 1.807) is 7.11 Å². The zero-order chi connectivity index (χ0) is 17.9. The number of ether oxygens (including phenoxy) is 2. The molecule has 1 amide bonds. The van der Waals surface area contributed by atoms with Crippen LogP contribution in [0, 0.1) is 0 Å². The number of rotatable bonds is 5. The fraction of sp³-hybridized carbons (Fsp3) is 0.500. The lowest BCUT2D eigenvalue weighted by Gasteiger charge is -2.30. The van der Waals surface area contributed by atoms with E-state index in [1.165, 1.54) is 0 Å². The number of alkyl carbamates (subject to hydrolysis) is 1. The number of amides is 1. The summed E-state index contributed by atoms with van der Waals surface area (Å²) in [6.45, 7) is 0.690. The summed E-state index contributed by atoms with van der Waals surface area (Å²) in [4.78, 5) is 23.9. The molecule has 1 aliphatic carbocycles. The highest BCUT2D eigenvalue weighted by Crippen LogP contribution is 2.33. The number of carbonyl (C=O) groups is 1. The van der Waals surface area contributed by atoms with E-state index in [-0.39, 0.29) is 18.7 Å². The molecule has 0 spiro atoms. The number of hydrogen-bond donors (Lipinski definition) is 2. The number of carbonyl (C=O) groups excluding carboxylic acids is 1. The summed E-state index contributed by atoms with van der Waals surface area (Å²) in [6, 6.07) is 2.58. The molecular formula is C18H23N5O3. The Morgan fingerprint density at radius 1 is 1.31 bits per heavy atom. The van der Waals surface area contributed by atoms with Gasteiger partial charge in [-0.1, -0.05) is 0 Å². The Bertz CT molecular complexity index is 895. The number of aromatic amines is 1. The summed E-state index contributed by atoms with van der Waals surface area (Å²) in [5.41, 5.74) is 2.93. The van der Waals surface area contributed by atoms with Gasteiger partial charge >= 0.3 is 6.09 Å². The quantitative estimate of drug-likeness (QED) is 0.685. The SMILES string of the molecule is COCCOC(=O)N[C@H]1CC[C@H](n2cnc3cnc4[nH]ccc4c32)CC1. The molecule has 1 aliphatic rings. The van der Waals surface area contributed by atoms with Crippen LogP contribution >= 0.6 is 0 Å². The Labute approximate surface area is 150 Å². The maximum Gasteiger partial charge on any atom is 0.407 e. The summed E-state index contributed by atoms with van der Waals surface area (Å²) >= 11 is 0. The van der Waals surface area contributed by atoms with Crippen molar-refractivity contribution in [3.63, 3.8) is 0 Å². The fourth-order valence-electron chi connectivity index (χ4n) is 3.73. The maximum atomic E-state index is 11.8. The van der Waals surface area contributed by atoms with Crippen LogP contribution < -0.4 is 5.32 Å². The highest BCUT2D eigenvalue weighted by molar-refractivity contribution is 6.00. The molecule has 1 fully saturated rings. The van der Waals surface area contributed by atoms with E-state index in [0.29, 0.717) is 12.6 Å². The molecule has 138 valence electrons. The number of H-pyrrole nitrogens is 1. The van der Waals surface area contributed by atoms with Crippen molar-refractivity contribution in [3.05, 3.63) is 24.8 Å². The highest BCUT2D eigenvalue weighted by Gasteiger charge is 2.25. The normalized spacial score (nSPS) is 20.5. The minimum Gasteiger partial charge on any atom is -0.447 e. The topological polar surface area (TPSA) is 94.1 Å². The first-order chi connectivity index (χ1) is 12.8. The van der Waals surface area contributed by atoms with Gasteiger partial charge in [0.25, 0.3) is 0 Å². The Hall–Kier alpha value is -2.61. The molecule has 3 heterocycles. The smallest absolute Gasteiger partial charge is 0.407 e. The van der Waals surface area contributed by atoms with E-state index in [4.69, 9.17) is 9.47 Å². The van der Waals surface area contributed by atoms with Gasteiger partial charge in [-0.25, -0.2) is 14.8 Å². The molecule has 0 saturated heterocycles. The molecule has 2 N–H and O–H groups in total. The Morgan fingerprint density at radius 3 is 2.96 bits per heavy atom. The van der Waals surface area contributed by atoms with Crippen molar-refractivity contribution in [3.8, 4) is 0 Å². The van der Waals surface area contributed by atoms with E-state index in [9.17, 15) is 4.79 Å². The van der Waals surface area contributed by atoms with Gasteiger partial charge in [-0.3, -0.25) is 0 Å². The monoisotopic (exact) mass is 357 g/mol. The van der Waals surface area contributed by atoms with Gasteiger partial charge in [0, 0.05) is 30.8 Å². The van der Waals surface area contributed by atoms with Gasteiger partial charge in [-0.05, 0) is 31.7 Å². The van der Waals surface area contributed by atoms with Crippen molar-refractivity contribution >= 4 is 28.2 Å². The van der Waals surface area contributed by atoms with Crippen LogP contribution in [0.25, 0.3) is 22.1 Å². The second-order valence-electron chi connectivity index (χ2n) is 6.66. The summed E-state index contributed by atoms with van der Waals surface area (Å²) in [7, 11) is 1.58. The molecule has 3 aromatic heterocycles. The largest absolute Gasteiger partial charge is 0.447 e. The lowest BCUT2D eigenvalue weighted by molar-refractivity contribution is 0.0945. The molecule has 0 radical (unpaired) electrons. The molecule has 1 saturated carbocycles. The lowest BCUT2D eigenvalue weighted by atomic mass is 9.91. The van der Waals surface area contributed by atoms with Crippen LogP contribution in [0.5, 0.6) is 0 Å². The number of aromatic nitrogens is 4. The van der Waals surface area contributed by atoms with Crippen LogP contribution in [0.4, 0.5) is 4.79 Å². The zero-order valence-corrected chi connectivity index (χ0v) is 14.8. The summed E-state index contributed by atoms with van der Waals surface area (Å²) in [5, 5.41) is 4.05. The van der Waals surface area contributed by atoms with Crippen molar-refractivity contribution < 1.29 is 14.3 Å². The maximum absolute atomic E-state index is 11.8. The summed E-state index contributed by atoms with van der Waals surface area (Å²) in [6.07, 6.45) is 9.09. The third-order valence-electron chi connectivity index (χ3n) is 5.05. The van der Waals surface area contributed by atoms with Gasteiger partial charge < -0.3 is 24.3 Å². The van der Waals surface area contributed by atoms with Crippen LogP contribution in [0.2, 0.25) is 0 Å². The van der Waals surface area contributed by atoms with Gasteiger partial charge in [0.05, 0.1) is 24.6 Å². The van der Waals surface area contributed by atoms with Crippen LogP contribution in [-0.2, 0) is 9.47 Å². The zero-order valence-electron chi connectivity index (χ0n) is 14.8. The van der Waals surface area contributed by atoms with Crippen LogP contribution in [0.15, 0.2) is 24.8 Å². The predicted octanol–water partition coefficient (Wildman–Crippen LogP) is 2.77. The number of nitrogens with one attached hydrogen (secondary N) is 2. The summed E-state index contributed by atoms with van der Waals surface area (Å²) in [5.74, 6) is 0. The van der Waals surface area contributed by atoms with Gasteiger partial charge in [0.1, 0.15) is 17.8 Å². The molecule has 8 nitrogen and oxygen atoms in total. The number of methoxy groups -OCH3 is 1. The second-order valence-corrected chi connectivity index (χ2v) is 6.66. The lowest BCUT2D eigenvalue weighted by Crippen LogP contribution is -2.38. The number of imidazole rings is 1. The van der Waals surface area contributed by atoms with E-state index in [2.05, 4.69) is 24.8 Å². The Kier molecular flexibility index (Phi) is 4.75. The molecule has 4 rings (SSSR count). The van der Waals surface area contributed by atoms with E-state index >= 15 is 0 Å². The molecule has 0 atom stereocenters. The highest BCUT2D eigenvalue weighted by atomic mass is 16.6. The predicted molar refractivity (Wildman–Crippen MR) is 97.0 cm³/mol. The van der Waals surface area contributed by atoms with E-state index in [1.807, 2.05) is 24.8 Å². The Morgan fingerprint density at radius 2 is 2.15 bits per heavy atom. The standard InChI is InChI=1S/C18H23N5O3/c1-25-8-9-26-18(24)22-12-2-4-13(5-3-12)23-11-21-15-10-20-17-14(16(15)23)6-7-19-17/h6-7,10-13H,2-5,8-9H2,1H3,(H,19,20)(H,22,24)/t12-,13-. The third-order valence-corrected chi connectivity index (χ3v) is 5.05. The van der Waals surface area contributed by atoms with Gasteiger partial charge in [0.2, 0.25) is 0 Å². The molecule has 0 aliphatic heterocycles. The summed E-state index contributed by atoms with van der Waals surface area (Å²) < 4.78 is 12.2. The van der Waals surface area contributed by atoms with Crippen molar-refractivity contribution in [1.82, 2.24) is 24.8 Å². The first-order valence-corrected chi connectivity index (χ1v) is 8.97. The first kappa shape index (κ1) is 16.8. The molecule has 8 heteroatoms. The van der Waals surface area contributed by atoms with Gasteiger partial charge in [-0.2, -0.15) is 0 Å². The number of hydrogen-bond acceptors (Lipinski definition) is 5. The van der Waals surface area contributed by atoms with Crippen molar-refractivity contribution in [2.75, 3.05) is 20.3 Å². The number of fused-ring (bicyclic) bond motifs is 3. The average molecular weight is 357 g/mol. The molecule has 0 aromatic carbocycles. The first-order valence-electron chi connectivity index (χ1n) is 8.97. The fourth-order valence-corrected chi connectivity index (χ4v) is 3.73. The average Bonchev–Trinajstić information content (AvgIpc) is 3.28. The van der Waals surface area contributed by atoms with Crippen LogP contribution in [-0.4, -0.2) is 52.0 Å². The van der Waals surface area contributed by atoms with Crippen molar-refractivity contribution in [2.45, 2.75) is 37.8 Å². The van der Waals surface area contributed by atoms with Crippen LogP contribution in [0.1, 0.15) is 31.7 Å². The second kappa shape index (κ2) is 7.33. The van der Waals surface area contributed by atoms with E-state index < -0.39 is 0 Å². The molecular weight excluding hydrogens is 334 g/mol. The molecule has 0 bridgehead atoms. The Balaban J connectivity index is 1.41. The van der Waals surface area contributed by atoms with Crippen LogP contribution in [0.3, 0.4) is 0 Å². The van der Waals surface area contributed by atoms with Gasteiger partial charge in [0.15, 0.2) is 0 Å². The minimum absolute atomic E-state index is 0.157. The van der Waals surface area contributed by atoms with Gasteiger partial charge in [-0.15, -0.1) is 0 Å². The molecule has 3 aromatic rings.